The van der Waals surface area contributed by atoms with Gasteiger partial charge in [-0.15, -0.1) is 10.2 Å². The quantitative estimate of drug-likeness (QED) is 0.659. The zero-order valence-corrected chi connectivity index (χ0v) is 16.0. The number of aromatic nitrogens is 5. The molecule has 0 fully saturated rings. The summed E-state index contributed by atoms with van der Waals surface area (Å²) in [7, 11) is -3.34. The number of ether oxygens (including phenoxy) is 1. The molecule has 2 rings (SSSR count). The van der Waals surface area contributed by atoms with E-state index in [1.807, 2.05) is 6.92 Å². The molecule has 2 aromatic rings. The van der Waals surface area contributed by atoms with Crippen LogP contribution in [0, 0.1) is 0 Å². The maximum absolute atomic E-state index is 12.7. The van der Waals surface area contributed by atoms with Crippen LogP contribution in [-0.4, -0.2) is 49.6 Å². The van der Waals surface area contributed by atoms with Gasteiger partial charge >= 0.3 is 7.60 Å². The first-order chi connectivity index (χ1) is 11.7. The fourth-order valence-electron chi connectivity index (χ4n) is 2.11. The second-order valence-electron chi connectivity index (χ2n) is 6.21. The number of rotatable bonds is 9. The second kappa shape index (κ2) is 8.18. The zero-order chi connectivity index (χ0) is 18.6. The smallest absolute Gasteiger partial charge is 0.356 e. The highest BCUT2D eigenvalue weighted by Crippen LogP contribution is 2.50. The summed E-state index contributed by atoms with van der Waals surface area (Å²) in [6.45, 7) is 9.33. The van der Waals surface area contributed by atoms with Gasteiger partial charge in [0.15, 0.2) is 11.3 Å². The SMILES string of the molecule is CC(C)OP(=O)(CO[C@H](C)Cn1nc2ncnc(N)c2n1)OC(C)C. The highest BCUT2D eigenvalue weighted by molar-refractivity contribution is 7.53. The first-order valence-corrected chi connectivity index (χ1v) is 9.80. The Morgan fingerprint density at radius 1 is 1.12 bits per heavy atom. The van der Waals surface area contributed by atoms with Crippen molar-refractivity contribution in [3.05, 3.63) is 6.33 Å². The summed E-state index contributed by atoms with van der Waals surface area (Å²) in [5.41, 5.74) is 6.59. The van der Waals surface area contributed by atoms with Gasteiger partial charge in [0.05, 0.1) is 24.9 Å². The van der Waals surface area contributed by atoms with Crippen LogP contribution in [0.4, 0.5) is 5.82 Å². The molecule has 1 atom stereocenters. The highest BCUT2D eigenvalue weighted by Gasteiger charge is 2.29. The number of hydrogen-bond acceptors (Lipinski definition) is 9. The molecule has 0 saturated carbocycles. The first kappa shape index (κ1) is 19.7. The molecule has 0 spiro atoms. The molecule has 2 heterocycles. The molecule has 11 heteroatoms. The van der Waals surface area contributed by atoms with Crippen LogP contribution in [0.2, 0.25) is 0 Å². The van der Waals surface area contributed by atoms with Crippen molar-refractivity contribution in [1.82, 2.24) is 25.0 Å². The van der Waals surface area contributed by atoms with Crippen LogP contribution in [0.15, 0.2) is 6.33 Å². The number of nitrogen functional groups attached to an aromatic ring is 1. The van der Waals surface area contributed by atoms with Crippen molar-refractivity contribution in [3.8, 4) is 0 Å². The Morgan fingerprint density at radius 2 is 1.76 bits per heavy atom. The number of nitrogens with zero attached hydrogens (tertiary/aromatic N) is 5. The van der Waals surface area contributed by atoms with E-state index in [0.29, 0.717) is 17.7 Å². The molecular weight excluding hydrogens is 347 g/mol. The van der Waals surface area contributed by atoms with E-state index in [0.717, 1.165) is 0 Å². The molecule has 0 aliphatic rings. The van der Waals surface area contributed by atoms with Crippen LogP contribution in [0.1, 0.15) is 34.6 Å². The fraction of sp³-hybridized carbons (Fsp3) is 0.714. The topological polar surface area (TPSA) is 127 Å². The lowest BCUT2D eigenvalue weighted by molar-refractivity contribution is 0.0504. The van der Waals surface area contributed by atoms with E-state index in [2.05, 4.69) is 20.2 Å². The van der Waals surface area contributed by atoms with Crippen molar-refractivity contribution in [1.29, 1.82) is 0 Å². The van der Waals surface area contributed by atoms with Gasteiger partial charge in [0, 0.05) is 0 Å². The minimum Gasteiger partial charge on any atom is -0.382 e. The van der Waals surface area contributed by atoms with Gasteiger partial charge in [0.1, 0.15) is 12.7 Å². The maximum Gasteiger partial charge on any atom is 0.356 e. The summed E-state index contributed by atoms with van der Waals surface area (Å²) in [4.78, 5) is 9.31. The molecule has 0 bridgehead atoms. The van der Waals surface area contributed by atoms with Crippen molar-refractivity contribution in [2.45, 2.75) is 59.5 Å². The monoisotopic (exact) mass is 372 g/mol. The van der Waals surface area contributed by atoms with Crippen LogP contribution in [-0.2, 0) is 24.9 Å². The summed E-state index contributed by atoms with van der Waals surface area (Å²) in [5, 5.41) is 8.46. The molecule has 0 saturated heterocycles. The molecule has 10 nitrogen and oxygen atoms in total. The molecular formula is C14H25N6O4P. The van der Waals surface area contributed by atoms with Gasteiger partial charge in [-0.2, -0.15) is 4.80 Å². The molecule has 0 aliphatic carbocycles. The van der Waals surface area contributed by atoms with Crippen molar-refractivity contribution in [2.75, 3.05) is 12.1 Å². The predicted molar refractivity (Wildman–Crippen MR) is 93.0 cm³/mol. The molecule has 2 aromatic heterocycles. The molecule has 0 amide bonds. The fourth-order valence-corrected chi connectivity index (χ4v) is 4.00. The minimum atomic E-state index is -3.34. The second-order valence-corrected chi connectivity index (χ2v) is 8.11. The third-order valence-corrected chi connectivity index (χ3v) is 4.89. The summed E-state index contributed by atoms with van der Waals surface area (Å²) < 4.78 is 29.3. The highest BCUT2D eigenvalue weighted by atomic mass is 31.2. The lowest BCUT2D eigenvalue weighted by atomic mass is 10.4. The summed E-state index contributed by atoms with van der Waals surface area (Å²) >= 11 is 0. The predicted octanol–water partition coefficient (Wildman–Crippen LogP) is 2.21. The largest absolute Gasteiger partial charge is 0.382 e. The third-order valence-electron chi connectivity index (χ3n) is 2.94. The molecule has 140 valence electrons. The Morgan fingerprint density at radius 3 is 2.32 bits per heavy atom. The normalized spacial score (nSPS) is 13.9. The van der Waals surface area contributed by atoms with Gasteiger partial charge < -0.3 is 19.5 Å². The summed E-state index contributed by atoms with van der Waals surface area (Å²) in [5.74, 6) is 0.269. The van der Waals surface area contributed by atoms with Crippen LogP contribution < -0.4 is 5.73 Å². The molecule has 0 aromatic carbocycles. The number of nitrogens with two attached hydrogens (primary N) is 1. The van der Waals surface area contributed by atoms with E-state index in [1.165, 1.54) is 11.1 Å². The Bertz CT molecular complexity index is 736. The lowest BCUT2D eigenvalue weighted by Gasteiger charge is -2.24. The van der Waals surface area contributed by atoms with E-state index < -0.39 is 7.60 Å². The van der Waals surface area contributed by atoms with E-state index in [1.54, 1.807) is 27.7 Å². The van der Waals surface area contributed by atoms with Crippen molar-refractivity contribution in [3.63, 3.8) is 0 Å². The van der Waals surface area contributed by atoms with Crippen LogP contribution >= 0.6 is 7.60 Å². The summed E-state index contributed by atoms with van der Waals surface area (Å²) in [6, 6.07) is 0. The van der Waals surface area contributed by atoms with E-state index in [9.17, 15) is 4.57 Å². The van der Waals surface area contributed by atoms with Crippen molar-refractivity contribution >= 4 is 24.6 Å². The Balaban J connectivity index is 1.98. The Kier molecular flexibility index (Phi) is 6.45. The molecule has 0 unspecified atom stereocenters. The molecule has 25 heavy (non-hydrogen) atoms. The maximum atomic E-state index is 12.7. The van der Waals surface area contributed by atoms with Crippen LogP contribution in [0.5, 0.6) is 0 Å². The Hall–Kier alpha value is -1.61. The lowest BCUT2D eigenvalue weighted by Crippen LogP contribution is -2.21. The van der Waals surface area contributed by atoms with E-state index >= 15 is 0 Å². The van der Waals surface area contributed by atoms with Crippen molar-refractivity contribution < 1.29 is 18.3 Å². The average molecular weight is 372 g/mol. The van der Waals surface area contributed by atoms with Crippen molar-refractivity contribution in [2.24, 2.45) is 0 Å². The van der Waals surface area contributed by atoms with Gasteiger partial charge in [-0.25, -0.2) is 9.97 Å². The number of fused-ring (bicyclic) bond motifs is 1. The van der Waals surface area contributed by atoms with Gasteiger partial charge in [-0.3, -0.25) is 4.57 Å². The van der Waals surface area contributed by atoms with Gasteiger partial charge in [-0.1, -0.05) is 0 Å². The molecule has 0 radical (unpaired) electrons. The van der Waals surface area contributed by atoms with Gasteiger partial charge in [0.2, 0.25) is 5.65 Å². The van der Waals surface area contributed by atoms with Crippen LogP contribution in [0.25, 0.3) is 11.2 Å². The molecule has 2 N–H and O–H groups in total. The minimum absolute atomic E-state index is 0.146. The van der Waals surface area contributed by atoms with E-state index in [-0.39, 0.29) is 30.5 Å². The zero-order valence-electron chi connectivity index (χ0n) is 15.1. The van der Waals surface area contributed by atoms with Gasteiger partial charge in [0.25, 0.3) is 0 Å². The number of hydrogen-bond donors (Lipinski definition) is 1. The Labute approximate surface area is 146 Å². The average Bonchev–Trinajstić information content (AvgIpc) is 2.87. The van der Waals surface area contributed by atoms with Gasteiger partial charge in [-0.05, 0) is 34.6 Å². The van der Waals surface area contributed by atoms with E-state index in [4.69, 9.17) is 19.5 Å². The first-order valence-electron chi connectivity index (χ1n) is 8.07. The standard InChI is InChI=1S/C14H25N6O4P/c1-9(2)23-25(21,24-10(3)4)8-22-11(5)6-20-18-12-13(15)16-7-17-14(12)19-20/h7,9-11H,6,8H2,1-5H3,(H2,15,16,17,19)/t11-/m1/s1. The molecule has 0 aliphatic heterocycles. The van der Waals surface area contributed by atoms with Crippen LogP contribution in [0.3, 0.4) is 0 Å². The summed E-state index contributed by atoms with van der Waals surface area (Å²) in [6.07, 6.45) is 0.397. The number of anilines is 1. The third kappa shape index (κ3) is 5.71.